The van der Waals surface area contributed by atoms with Gasteiger partial charge in [-0.3, -0.25) is 10.1 Å². The summed E-state index contributed by atoms with van der Waals surface area (Å²) in [5, 5.41) is 2.75. The van der Waals surface area contributed by atoms with E-state index in [0.29, 0.717) is 6.54 Å². The molecule has 68 valence electrons. The number of hydrogen-bond acceptors (Lipinski definition) is 3. The second-order valence-corrected chi connectivity index (χ2v) is 2.52. The molecule has 3 heteroatoms. The second kappa shape index (κ2) is 6.68. The average molecular weight is 169 g/mol. The van der Waals surface area contributed by atoms with Gasteiger partial charge in [-0.2, -0.15) is 0 Å². The van der Waals surface area contributed by atoms with E-state index in [-0.39, 0.29) is 18.6 Å². The van der Waals surface area contributed by atoms with Crippen LogP contribution in [0.15, 0.2) is 0 Å². The van der Waals surface area contributed by atoms with Crippen LogP contribution >= 0.6 is 0 Å². The maximum absolute atomic E-state index is 10.9. The largest absolute Gasteiger partial charge is 0.462 e. The van der Waals surface area contributed by atoms with E-state index in [1.165, 1.54) is 0 Å². The van der Waals surface area contributed by atoms with Crippen LogP contribution in [0.1, 0.15) is 20.3 Å². The molecule has 0 aliphatic carbocycles. The van der Waals surface area contributed by atoms with Crippen molar-refractivity contribution in [1.82, 2.24) is 5.32 Å². The Labute approximate surface area is 73.5 Å². The Balaban J connectivity index is 3.41. The molecule has 0 amide bonds. The molecule has 3 nitrogen and oxygen atoms in total. The number of hydrogen-bond donors (Lipinski definition) is 1. The number of carbonyl (C=O) groups excluding carboxylic acids is 1. The van der Waals surface area contributed by atoms with Crippen molar-refractivity contribution in [3.05, 3.63) is 0 Å². The predicted octanol–water partition coefficient (Wildman–Crippen LogP) is 0.551. The molecule has 1 unspecified atom stereocenters. The normalized spacial score (nSPS) is 11.8. The molecule has 0 saturated carbocycles. The fourth-order valence-electron chi connectivity index (χ4n) is 0.586. The topological polar surface area (TPSA) is 38.3 Å². The van der Waals surface area contributed by atoms with Crippen molar-refractivity contribution in [1.29, 1.82) is 0 Å². The highest BCUT2D eigenvalue weighted by Crippen LogP contribution is 1.94. The summed E-state index contributed by atoms with van der Waals surface area (Å²) >= 11 is 0. The molecule has 0 bridgehead atoms. The quantitative estimate of drug-likeness (QED) is 0.371. The molecule has 0 saturated heterocycles. The van der Waals surface area contributed by atoms with Crippen molar-refractivity contribution < 1.29 is 9.53 Å². The lowest BCUT2D eigenvalue weighted by Gasteiger charge is -2.10. The minimum atomic E-state index is -0.250. The van der Waals surface area contributed by atoms with Crippen molar-refractivity contribution >= 4 is 5.97 Å². The number of carbonyl (C=O) groups is 1. The molecule has 0 fully saturated rings. The van der Waals surface area contributed by atoms with Gasteiger partial charge in [0.15, 0.2) is 0 Å². The lowest BCUT2D eigenvalue weighted by molar-refractivity contribution is -0.147. The smallest absolute Gasteiger partial charge is 0.320 e. The van der Waals surface area contributed by atoms with Crippen molar-refractivity contribution in [3.8, 4) is 12.3 Å². The Morgan fingerprint density at radius 1 is 1.75 bits per heavy atom. The summed E-state index contributed by atoms with van der Waals surface area (Å²) in [6.45, 7) is 4.41. The molecule has 1 atom stereocenters. The van der Waals surface area contributed by atoms with Crippen LogP contribution in [0.4, 0.5) is 0 Å². The predicted molar refractivity (Wildman–Crippen MR) is 47.5 cm³/mol. The molecular weight excluding hydrogens is 154 g/mol. The molecule has 0 aromatic carbocycles. The van der Waals surface area contributed by atoms with E-state index in [0.717, 1.165) is 6.42 Å². The summed E-state index contributed by atoms with van der Waals surface area (Å²) in [5.41, 5.74) is 0. The summed E-state index contributed by atoms with van der Waals surface area (Å²) in [6, 6.07) is 0. The van der Waals surface area contributed by atoms with Gasteiger partial charge in [0.1, 0.15) is 0 Å². The van der Waals surface area contributed by atoms with Crippen LogP contribution in [0.3, 0.4) is 0 Å². The molecule has 0 rings (SSSR count). The van der Waals surface area contributed by atoms with Gasteiger partial charge in [0, 0.05) is 0 Å². The van der Waals surface area contributed by atoms with Crippen molar-refractivity contribution in [2.24, 2.45) is 0 Å². The number of terminal acetylenes is 1. The third-order valence-corrected chi connectivity index (χ3v) is 1.40. The summed E-state index contributed by atoms with van der Waals surface area (Å²) < 4.78 is 4.98. The highest BCUT2D eigenvalue weighted by Gasteiger charge is 2.05. The summed E-state index contributed by atoms with van der Waals surface area (Å²) in [5.74, 6) is 2.12. The van der Waals surface area contributed by atoms with E-state index in [4.69, 9.17) is 11.2 Å². The lowest BCUT2D eigenvalue weighted by Crippen LogP contribution is -2.27. The first-order chi connectivity index (χ1) is 5.70. The standard InChI is InChI=1S/C9H15NO2/c1-4-6-10-7-9(11)12-8(3)5-2/h1,8,10H,5-7H2,2-3H3. The van der Waals surface area contributed by atoms with Gasteiger partial charge in [0.2, 0.25) is 0 Å². The van der Waals surface area contributed by atoms with Crippen LogP contribution in [-0.2, 0) is 9.53 Å². The molecule has 12 heavy (non-hydrogen) atoms. The maximum atomic E-state index is 10.9. The van der Waals surface area contributed by atoms with Gasteiger partial charge in [-0.1, -0.05) is 12.8 Å². The zero-order valence-electron chi connectivity index (χ0n) is 7.59. The SMILES string of the molecule is C#CCNCC(=O)OC(C)CC. The van der Waals surface area contributed by atoms with Gasteiger partial charge in [0.25, 0.3) is 0 Å². The first-order valence-corrected chi connectivity index (χ1v) is 4.04. The molecule has 0 aliphatic heterocycles. The van der Waals surface area contributed by atoms with Gasteiger partial charge in [-0.05, 0) is 13.3 Å². The molecule has 0 aromatic rings. The van der Waals surface area contributed by atoms with Gasteiger partial charge < -0.3 is 4.74 Å². The van der Waals surface area contributed by atoms with Crippen molar-refractivity contribution in [2.75, 3.05) is 13.1 Å². The van der Waals surface area contributed by atoms with E-state index in [9.17, 15) is 4.79 Å². The monoisotopic (exact) mass is 169 g/mol. The van der Waals surface area contributed by atoms with Gasteiger partial charge in [0.05, 0.1) is 19.2 Å². The highest BCUT2D eigenvalue weighted by atomic mass is 16.5. The Bertz CT molecular complexity index is 172. The first kappa shape index (κ1) is 11.0. The van der Waals surface area contributed by atoms with Crippen LogP contribution < -0.4 is 5.32 Å². The number of esters is 1. The van der Waals surface area contributed by atoms with Gasteiger partial charge in [-0.15, -0.1) is 6.42 Å². The van der Waals surface area contributed by atoms with Crippen LogP contribution in [0, 0.1) is 12.3 Å². The maximum Gasteiger partial charge on any atom is 0.320 e. The Kier molecular flexibility index (Phi) is 6.12. The minimum absolute atomic E-state index is 0.00913. The molecule has 0 radical (unpaired) electrons. The molecule has 0 heterocycles. The van der Waals surface area contributed by atoms with E-state index >= 15 is 0 Å². The Morgan fingerprint density at radius 2 is 2.42 bits per heavy atom. The van der Waals surface area contributed by atoms with Crippen molar-refractivity contribution in [2.45, 2.75) is 26.4 Å². The van der Waals surface area contributed by atoms with Crippen molar-refractivity contribution in [3.63, 3.8) is 0 Å². The summed E-state index contributed by atoms with van der Waals surface area (Å²) in [4.78, 5) is 10.9. The van der Waals surface area contributed by atoms with E-state index in [1.54, 1.807) is 0 Å². The Morgan fingerprint density at radius 3 is 2.92 bits per heavy atom. The third-order valence-electron chi connectivity index (χ3n) is 1.40. The van der Waals surface area contributed by atoms with Gasteiger partial charge >= 0.3 is 5.97 Å². The number of ether oxygens (including phenoxy) is 1. The highest BCUT2D eigenvalue weighted by molar-refractivity contribution is 5.71. The third kappa shape index (κ3) is 5.75. The lowest BCUT2D eigenvalue weighted by atomic mass is 10.3. The first-order valence-electron chi connectivity index (χ1n) is 4.04. The fourth-order valence-corrected chi connectivity index (χ4v) is 0.586. The molecule has 0 aliphatic rings. The van der Waals surface area contributed by atoms with Crippen LogP contribution in [0.2, 0.25) is 0 Å². The van der Waals surface area contributed by atoms with Crippen LogP contribution in [-0.4, -0.2) is 25.2 Å². The summed E-state index contributed by atoms with van der Waals surface area (Å²) in [7, 11) is 0. The van der Waals surface area contributed by atoms with E-state index < -0.39 is 0 Å². The van der Waals surface area contributed by atoms with Crippen LogP contribution in [0.25, 0.3) is 0 Å². The van der Waals surface area contributed by atoms with Crippen LogP contribution in [0.5, 0.6) is 0 Å². The summed E-state index contributed by atoms with van der Waals surface area (Å²) in [6.07, 6.45) is 5.80. The number of rotatable bonds is 5. The Hall–Kier alpha value is -1.01. The molecular formula is C9H15NO2. The zero-order chi connectivity index (χ0) is 9.40. The molecule has 0 spiro atoms. The van der Waals surface area contributed by atoms with E-state index in [1.807, 2.05) is 13.8 Å². The average Bonchev–Trinajstić information content (AvgIpc) is 2.05. The second-order valence-electron chi connectivity index (χ2n) is 2.52. The minimum Gasteiger partial charge on any atom is -0.462 e. The fraction of sp³-hybridized carbons (Fsp3) is 0.667. The zero-order valence-corrected chi connectivity index (χ0v) is 7.59. The van der Waals surface area contributed by atoms with E-state index in [2.05, 4.69) is 11.2 Å². The van der Waals surface area contributed by atoms with Gasteiger partial charge in [-0.25, -0.2) is 0 Å². The molecule has 1 N–H and O–H groups in total. The number of nitrogens with one attached hydrogen (secondary N) is 1. The molecule has 0 aromatic heterocycles.